The molecule has 104 valence electrons. The lowest BCUT2D eigenvalue weighted by molar-refractivity contribution is 0.975. The molecule has 3 nitrogen and oxygen atoms in total. The molecule has 1 aromatic carbocycles. The van der Waals surface area contributed by atoms with E-state index in [4.69, 9.17) is 0 Å². The highest BCUT2D eigenvalue weighted by molar-refractivity contribution is 9.10. The van der Waals surface area contributed by atoms with Crippen LogP contribution in [0.5, 0.6) is 0 Å². The zero-order valence-corrected chi connectivity index (χ0v) is 14.0. The molecule has 0 atom stereocenters. The first-order valence-corrected chi connectivity index (χ1v) is 7.84. The number of hydrogen-bond donors (Lipinski definition) is 0. The number of rotatable bonds is 2. The van der Waals surface area contributed by atoms with E-state index >= 15 is 0 Å². The average molecular weight is 406 g/mol. The number of para-hydroxylation sites is 1. The van der Waals surface area contributed by atoms with Crippen LogP contribution in [0.3, 0.4) is 0 Å². The van der Waals surface area contributed by atoms with E-state index in [1.807, 2.05) is 42.5 Å². The minimum absolute atomic E-state index is 0.110. The zero-order chi connectivity index (χ0) is 14.8. The minimum Gasteiger partial charge on any atom is -0.282 e. The van der Waals surface area contributed by atoms with E-state index in [2.05, 4.69) is 36.8 Å². The van der Waals surface area contributed by atoms with Gasteiger partial charge in [-0.2, -0.15) is 0 Å². The highest BCUT2D eigenvalue weighted by Crippen LogP contribution is 2.23. The summed E-state index contributed by atoms with van der Waals surface area (Å²) in [5, 5.41) is 0. The molecule has 0 saturated heterocycles. The fourth-order valence-corrected chi connectivity index (χ4v) is 2.96. The summed E-state index contributed by atoms with van der Waals surface area (Å²) in [6, 6.07) is 15.1. The van der Waals surface area contributed by atoms with Crippen molar-refractivity contribution in [1.82, 2.24) is 9.55 Å². The molecule has 0 fully saturated rings. The van der Waals surface area contributed by atoms with Crippen LogP contribution in [0, 0.1) is 0 Å². The molecule has 0 aliphatic rings. The summed E-state index contributed by atoms with van der Waals surface area (Å²) in [5.74, 6) is 0. The van der Waals surface area contributed by atoms with Crippen LogP contribution >= 0.6 is 31.9 Å². The van der Waals surface area contributed by atoms with Crippen LogP contribution in [-0.2, 0) is 0 Å². The summed E-state index contributed by atoms with van der Waals surface area (Å²) in [6.07, 6.45) is 3.53. The second-order valence-corrected chi connectivity index (χ2v) is 6.13. The topological polar surface area (TPSA) is 34.9 Å². The summed E-state index contributed by atoms with van der Waals surface area (Å²) in [5.41, 5.74) is 2.37. The van der Waals surface area contributed by atoms with Crippen molar-refractivity contribution in [3.63, 3.8) is 0 Å². The largest absolute Gasteiger partial charge is 0.282 e. The molecule has 0 amide bonds. The van der Waals surface area contributed by atoms with Crippen molar-refractivity contribution >= 4 is 31.9 Å². The van der Waals surface area contributed by atoms with Crippen LogP contribution in [0.25, 0.3) is 16.9 Å². The minimum atomic E-state index is -0.110. The predicted octanol–water partition coefficient (Wildman–Crippen LogP) is 4.42. The van der Waals surface area contributed by atoms with E-state index in [1.165, 1.54) is 0 Å². The van der Waals surface area contributed by atoms with Gasteiger partial charge in [-0.25, -0.2) is 0 Å². The maximum atomic E-state index is 12.4. The van der Waals surface area contributed by atoms with Gasteiger partial charge in [-0.3, -0.25) is 14.3 Å². The van der Waals surface area contributed by atoms with Crippen molar-refractivity contribution in [2.75, 3.05) is 0 Å². The third-order valence-electron chi connectivity index (χ3n) is 3.05. The van der Waals surface area contributed by atoms with Gasteiger partial charge in [-0.05, 0) is 62.2 Å². The highest BCUT2D eigenvalue weighted by Gasteiger charge is 2.10. The Morgan fingerprint density at radius 1 is 0.952 bits per heavy atom. The van der Waals surface area contributed by atoms with E-state index in [-0.39, 0.29) is 5.56 Å². The molecule has 0 spiro atoms. The molecule has 3 aromatic rings. The van der Waals surface area contributed by atoms with Gasteiger partial charge < -0.3 is 0 Å². The van der Waals surface area contributed by atoms with Crippen molar-refractivity contribution in [2.24, 2.45) is 0 Å². The van der Waals surface area contributed by atoms with Crippen LogP contribution in [0.2, 0.25) is 0 Å². The van der Waals surface area contributed by atoms with Crippen molar-refractivity contribution in [2.45, 2.75) is 0 Å². The molecule has 0 N–H and O–H groups in total. The van der Waals surface area contributed by atoms with Crippen LogP contribution in [0.15, 0.2) is 74.7 Å². The van der Waals surface area contributed by atoms with E-state index in [1.54, 1.807) is 23.0 Å². The Hall–Kier alpha value is -1.72. The van der Waals surface area contributed by atoms with E-state index in [0.717, 1.165) is 21.4 Å². The van der Waals surface area contributed by atoms with Gasteiger partial charge in [0.1, 0.15) is 0 Å². The first-order valence-electron chi connectivity index (χ1n) is 6.25. The maximum Gasteiger partial charge on any atom is 0.269 e. The Labute approximate surface area is 138 Å². The predicted molar refractivity (Wildman–Crippen MR) is 90.7 cm³/mol. The van der Waals surface area contributed by atoms with Gasteiger partial charge in [0.2, 0.25) is 0 Å². The fraction of sp³-hybridized carbons (Fsp3) is 0. The summed E-state index contributed by atoms with van der Waals surface area (Å²) < 4.78 is 2.97. The monoisotopic (exact) mass is 404 g/mol. The molecule has 2 aromatic heterocycles. The lowest BCUT2D eigenvalue weighted by Crippen LogP contribution is -2.19. The van der Waals surface area contributed by atoms with Crippen molar-refractivity contribution < 1.29 is 0 Å². The summed E-state index contributed by atoms with van der Waals surface area (Å²) in [7, 11) is 0. The maximum absolute atomic E-state index is 12.4. The molecular formula is C16H10Br2N2O. The third kappa shape index (κ3) is 2.84. The highest BCUT2D eigenvalue weighted by atomic mass is 79.9. The Morgan fingerprint density at radius 3 is 2.43 bits per heavy atom. The SMILES string of the molecule is O=c1c(Br)cc(-c2ccccn2)cn1-c1ccccc1Br. The average Bonchev–Trinajstić information content (AvgIpc) is 2.51. The molecule has 0 unspecified atom stereocenters. The molecule has 0 aliphatic carbocycles. The van der Waals surface area contributed by atoms with Crippen LogP contribution < -0.4 is 5.56 Å². The van der Waals surface area contributed by atoms with E-state index < -0.39 is 0 Å². The fourth-order valence-electron chi connectivity index (χ4n) is 2.05. The van der Waals surface area contributed by atoms with Gasteiger partial charge in [0, 0.05) is 22.4 Å². The third-order valence-corrected chi connectivity index (χ3v) is 4.28. The molecule has 21 heavy (non-hydrogen) atoms. The first kappa shape index (κ1) is 14.2. The van der Waals surface area contributed by atoms with Crippen molar-refractivity contribution in [3.8, 4) is 16.9 Å². The Balaban J connectivity index is 2.25. The van der Waals surface area contributed by atoms with Gasteiger partial charge >= 0.3 is 0 Å². The van der Waals surface area contributed by atoms with Crippen molar-refractivity contribution in [3.05, 3.63) is 80.2 Å². The second kappa shape index (κ2) is 5.95. The van der Waals surface area contributed by atoms with Gasteiger partial charge in [0.25, 0.3) is 5.56 Å². The Kier molecular flexibility index (Phi) is 4.03. The van der Waals surface area contributed by atoms with Crippen LogP contribution in [0.4, 0.5) is 0 Å². The van der Waals surface area contributed by atoms with E-state index in [9.17, 15) is 4.79 Å². The molecule has 3 rings (SSSR count). The van der Waals surface area contributed by atoms with Gasteiger partial charge in [0.05, 0.1) is 15.9 Å². The zero-order valence-electron chi connectivity index (χ0n) is 10.8. The second-order valence-electron chi connectivity index (χ2n) is 4.42. The van der Waals surface area contributed by atoms with Gasteiger partial charge in [0.15, 0.2) is 0 Å². The molecule has 0 radical (unpaired) electrons. The quantitative estimate of drug-likeness (QED) is 0.632. The summed E-state index contributed by atoms with van der Waals surface area (Å²) in [6.45, 7) is 0. The number of nitrogens with zero attached hydrogens (tertiary/aromatic N) is 2. The molecular weight excluding hydrogens is 396 g/mol. The molecule has 2 heterocycles. The van der Waals surface area contributed by atoms with Crippen LogP contribution in [-0.4, -0.2) is 9.55 Å². The Morgan fingerprint density at radius 2 is 1.71 bits per heavy atom. The van der Waals surface area contributed by atoms with E-state index in [0.29, 0.717) is 4.47 Å². The number of hydrogen-bond acceptors (Lipinski definition) is 2. The van der Waals surface area contributed by atoms with Gasteiger partial charge in [-0.15, -0.1) is 0 Å². The van der Waals surface area contributed by atoms with Crippen LogP contribution in [0.1, 0.15) is 0 Å². The van der Waals surface area contributed by atoms with Gasteiger partial charge in [-0.1, -0.05) is 18.2 Å². The first-order chi connectivity index (χ1) is 10.2. The summed E-state index contributed by atoms with van der Waals surface area (Å²) >= 11 is 6.82. The lowest BCUT2D eigenvalue weighted by Gasteiger charge is -2.11. The molecule has 0 saturated carbocycles. The number of aromatic nitrogens is 2. The molecule has 0 bridgehead atoms. The normalized spacial score (nSPS) is 10.6. The molecule has 0 aliphatic heterocycles. The number of benzene rings is 1. The number of halogens is 2. The smallest absolute Gasteiger partial charge is 0.269 e. The standard InChI is InChI=1S/C16H10Br2N2O/c17-12-5-1-2-7-15(12)20-10-11(9-13(18)16(20)21)14-6-3-4-8-19-14/h1-10H. The Bertz CT molecular complexity index is 844. The molecule has 5 heteroatoms. The lowest BCUT2D eigenvalue weighted by atomic mass is 10.2. The number of pyridine rings is 2. The summed E-state index contributed by atoms with van der Waals surface area (Å²) in [4.78, 5) is 16.7. The van der Waals surface area contributed by atoms with Crippen molar-refractivity contribution in [1.29, 1.82) is 0 Å².